The molecule has 0 radical (unpaired) electrons. The van der Waals surface area contributed by atoms with E-state index in [4.69, 9.17) is 4.74 Å². The highest BCUT2D eigenvalue weighted by atomic mass is 16.5. The van der Waals surface area contributed by atoms with E-state index in [1.54, 1.807) is 0 Å². The topological polar surface area (TPSA) is 33.6 Å². The number of anilines is 1. The molecule has 15 heavy (non-hydrogen) atoms. The van der Waals surface area contributed by atoms with Crippen molar-refractivity contribution in [2.24, 2.45) is 4.99 Å². The number of amidine groups is 1. The van der Waals surface area contributed by atoms with Crippen LogP contribution in [-0.2, 0) is 0 Å². The van der Waals surface area contributed by atoms with Crippen molar-refractivity contribution in [1.29, 1.82) is 0 Å². The Labute approximate surface area is 90.2 Å². The minimum absolute atomic E-state index is 0.699. The monoisotopic (exact) mass is 204 g/mol. The van der Waals surface area contributed by atoms with Gasteiger partial charge in [-0.15, -0.1) is 0 Å². The van der Waals surface area contributed by atoms with E-state index in [9.17, 15) is 0 Å². The number of hydrogen-bond acceptors (Lipinski definition) is 3. The summed E-state index contributed by atoms with van der Waals surface area (Å²) in [4.78, 5) is 4.37. The Bertz CT molecular complexity index is 360. The van der Waals surface area contributed by atoms with E-state index in [0.717, 1.165) is 36.7 Å². The Kier molecular flexibility index (Phi) is 3.22. The smallest absolute Gasteiger partial charge is 0.121 e. The van der Waals surface area contributed by atoms with Gasteiger partial charge in [0.2, 0.25) is 0 Å². The van der Waals surface area contributed by atoms with E-state index in [1.807, 2.05) is 31.2 Å². The number of rotatable bonds is 3. The van der Waals surface area contributed by atoms with Gasteiger partial charge in [-0.1, -0.05) is 6.07 Å². The van der Waals surface area contributed by atoms with Crippen molar-refractivity contribution in [2.45, 2.75) is 19.8 Å². The summed E-state index contributed by atoms with van der Waals surface area (Å²) >= 11 is 0. The molecular formula is C12H16N2O. The molecule has 80 valence electrons. The zero-order valence-corrected chi connectivity index (χ0v) is 8.99. The molecule has 0 aliphatic carbocycles. The summed E-state index contributed by atoms with van der Waals surface area (Å²) in [6.45, 7) is 3.64. The maximum atomic E-state index is 5.43. The molecule has 0 unspecified atom stereocenters. The van der Waals surface area contributed by atoms with Crippen LogP contribution in [0.1, 0.15) is 19.8 Å². The molecule has 0 saturated carbocycles. The number of nitrogens with one attached hydrogen (secondary N) is 1. The highest BCUT2D eigenvalue weighted by molar-refractivity contribution is 5.96. The van der Waals surface area contributed by atoms with Crippen molar-refractivity contribution in [1.82, 2.24) is 0 Å². The Morgan fingerprint density at radius 2 is 2.40 bits per heavy atom. The van der Waals surface area contributed by atoms with Gasteiger partial charge in [-0.2, -0.15) is 0 Å². The largest absolute Gasteiger partial charge is 0.494 e. The third-order valence-electron chi connectivity index (χ3n) is 2.31. The fourth-order valence-corrected chi connectivity index (χ4v) is 1.64. The van der Waals surface area contributed by atoms with Gasteiger partial charge in [-0.25, -0.2) is 0 Å². The maximum Gasteiger partial charge on any atom is 0.121 e. The Morgan fingerprint density at radius 1 is 1.47 bits per heavy atom. The molecule has 0 atom stereocenters. The fraction of sp³-hybridized carbons (Fsp3) is 0.417. The van der Waals surface area contributed by atoms with Crippen molar-refractivity contribution in [2.75, 3.05) is 18.5 Å². The van der Waals surface area contributed by atoms with Gasteiger partial charge < -0.3 is 10.1 Å². The van der Waals surface area contributed by atoms with E-state index < -0.39 is 0 Å². The van der Waals surface area contributed by atoms with E-state index in [-0.39, 0.29) is 0 Å². The van der Waals surface area contributed by atoms with Gasteiger partial charge in [0.1, 0.15) is 11.6 Å². The molecule has 0 amide bonds. The zero-order chi connectivity index (χ0) is 10.5. The molecule has 1 N–H and O–H groups in total. The van der Waals surface area contributed by atoms with E-state index >= 15 is 0 Å². The molecule has 1 aromatic carbocycles. The standard InChI is InChI=1S/C12H16N2O/c1-2-15-11-6-3-5-10(9-11)14-12-7-4-8-13-12/h3,5-6,9H,2,4,7-8H2,1H3,(H,13,14). The lowest BCUT2D eigenvalue weighted by atomic mass is 10.3. The first kappa shape index (κ1) is 10.0. The van der Waals surface area contributed by atoms with Gasteiger partial charge in [0, 0.05) is 24.7 Å². The van der Waals surface area contributed by atoms with Crippen LogP contribution in [0, 0.1) is 0 Å². The lowest BCUT2D eigenvalue weighted by Crippen LogP contribution is -2.08. The first-order chi connectivity index (χ1) is 7.38. The van der Waals surface area contributed by atoms with Crippen molar-refractivity contribution in [3.8, 4) is 5.75 Å². The van der Waals surface area contributed by atoms with Crippen LogP contribution >= 0.6 is 0 Å². The molecule has 1 aromatic rings. The molecule has 2 rings (SSSR count). The van der Waals surface area contributed by atoms with Gasteiger partial charge in [0.15, 0.2) is 0 Å². The summed E-state index contributed by atoms with van der Waals surface area (Å²) in [5.74, 6) is 1.99. The van der Waals surface area contributed by atoms with Gasteiger partial charge in [-0.3, -0.25) is 4.99 Å². The van der Waals surface area contributed by atoms with Gasteiger partial charge in [-0.05, 0) is 25.5 Å². The number of nitrogens with zero attached hydrogens (tertiary/aromatic N) is 1. The average molecular weight is 204 g/mol. The molecule has 0 spiro atoms. The number of ether oxygens (including phenoxy) is 1. The van der Waals surface area contributed by atoms with Crippen LogP contribution in [0.25, 0.3) is 0 Å². The van der Waals surface area contributed by atoms with Crippen LogP contribution in [0.5, 0.6) is 5.75 Å². The SMILES string of the molecule is CCOc1cccc(NC2=NCCC2)c1. The summed E-state index contributed by atoms with van der Waals surface area (Å²) < 4.78 is 5.43. The summed E-state index contributed by atoms with van der Waals surface area (Å²) in [6, 6.07) is 7.99. The summed E-state index contributed by atoms with van der Waals surface area (Å²) in [5.41, 5.74) is 1.06. The molecule has 0 fully saturated rings. The second-order valence-electron chi connectivity index (χ2n) is 3.52. The summed E-state index contributed by atoms with van der Waals surface area (Å²) in [5, 5.41) is 3.31. The molecule has 1 aliphatic heterocycles. The molecule has 0 aromatic heterocycles. The van der Waals surface area contributed by atoms with Crippen molar-refractivity contribution >= 4 is 11.5 Å². The Morgan fingerprint density at radius 3 is 3.13 bits per heavy atom. The third kappa shape index (κ3) is 2.72. The number of aliphatic imine (C=N–C) groups is 1. The van der Waals surface area contributed by atoms with Crippen LogP contribution in [0.15, 0.2) is 29.3 Å². The molecule has 0 saturated heterocycles. The highest BCUT2D eigenvalue weighted by Gasteiger charge is 2.06. The van der Waals surface area contributed by atoms with E-state index in [2.05, 4.69) is 10.3 Å². The summed E-state index contributed by atoms with van der Waals surface area (Å²) in [6.07, 6.45) is 2.21. The quantitative estimate of drug-likeness (QED) is 0.821. The summed E-state index contributed by atoms with van der Waals surface area (Å²) in [7, 11) is 0. The first-order valence-corrected chi connectivity index (χ1v) is 5.41. The predicted molar refractivity (Wildman–Crippen MR) is 62.8 cm³/mol. The van der Waals surface area contributed by atoms with Crippen LogP contribution in [0.2, 0.25) is 0 Å². The Hall–Kier alpha value is -1.51. The van der Waals surface area contributed by atoms with Crippen LogP contribution in [-0.4, -0.2) is 19.0 Å². The van der Waals surface area contributed by atoms with Crippen molar-refractivity contribution < 1.29 is 4.74 Å². The molecule has 3 nitrogen and oxygen atoms in total. The minimum atomic E-state index is 0.699. The lowest BCUT2D eigenvalue weighted by Gasteiger charge is -2.08. The normalized spacial score (nSPS) is 14.9. The third-order valence-corrected chi connectivity index (χ3v) is 2.31. The van der Waals surface area contributed by atoms with E-state index in [1.165, 1.54) is 0 Å². The number of benzene rings is 1. The highest BCUT2D eigenvalue weighted by Crippen LogP contribution is 2.18. The lowest BCUT2D eigenvalue weighted by molar-refractivity contribution is 0.340. The first-order valence-electron chi connectivity index (χ1n) is 5.41. The second-order valence-corrected chi connectivity index (χ2v) is 3.52. The molecule has 1 heterocycles. The number of hydrogen-bond donors (Lipinski definition) is 1. The molecule has 3 heteroatoms. The average Bonchev–Trinajstić information content (AvgIpc) is 2.71. The zero-order valence-electron chi connectivity index (χ0n) is 8.99. The molecule has 0 bridgehead atoms. The van der Waals surface area contributed by atoms with Crippen LogP contribution in [0.4, 0.5) is 5.69 Å². The van der Waals surface area contributed by atoms with Gasteiger partial charge in [0.05, 0.1) is 6.61 Å². The van der Waals surface area contributed by atoms with Crippen molar-refractivity contribution in [3.63, 3.8) is 0 Å². The predicted octanol–water partition coefficient (Wildman–Crippen LogP) is 2.69. The van der Waals surface area contributed by atoms with Crippen molar-refractivity contribution in [3.05, 3.63) is 24.3 Å². The minimum Gasteiger partial charge on any atom is -0.494 e. The second kappa shape index (κ2) is 4.82. The van der Waals surface area contributed by atoms with Crippen LogP contribution < -0.4 is 10.1 Å². The van der Waals surface area contributed by atoms with Gasteiger partial charge in [0.25, 0.3) is 0 Å². The Balaban J connectivity index is 2.04. The molecular weight excluding hydrogens is 188 g/mol. The van der Waals surface area contributed by atoms with Crippen LogP contribution in [0.3, 0.4) is 0 Å². The maximum absolute atomic E-state index is 5.43. The molecule has 1 aliphatic rings. The fourth-order valence-electron chi connectivity index (χ4n) is 1.64. The van der Waals surface area contributed by atoms with Gasteiger partial charge >= 0.3 is 0 Å². The van der Waals surface area contributed by atoms with E-state index in [0.29, 0.717) is 6.61 Å².